The molecule has 2 rings (SSSR count). The maximum absolute atomic E-state index is 11.1. The first-order valence-electron chi connectivity index (χ1n) is 6.24. The van der Waals surface area contributed by atoms with E-state index in [-0.39, 0.29) is 0 Å². The van der Waals surface area contributed by atoms with E-state index >= 15 is 0 Å². The minimum Gasteiger partial charge on any atom is -0.481 e. The average Bonchev–Trinajstić information content (AvgIpc) is 2.40. The molecule has 2 aromatic rings. The largest absolute Gasteiger partial charge is 0.481 e. The summed E-state index contributed by atoms with van der Waals surface area (Å²) in [6.45, 7) is 3.84. The average molecular weight is 256 g/mol. The first kappa shape index (κ1) is 13.2. The van der Waals surface area contributed by atoms with E-state index in [9.17, 15) is 4.79 Å². The monoisotopic (exact) mass is 256 g/mol. The van der Waals surface area contributed by atoms with E-state index in [1.54, 1.807) is 12.3 Å². The van der Waals surface area contributed by atoms with E-state index in [4.69, 9.17) is 5.11 Å². The van der Waals surface area contributed by atoms with Crippen LogP contribution in [0.3, 0.4) is 0 Å². The number of aliphatic carboxylic acids is 1. The molecule has 0 saturated heterocycles. The summed E-state index contributed by atoms with van der Waals surface area (Å²) in [5, 5.41) is 9.14. The maximum Gasteiger partial charge on any atom is 0.314 e. The molecule has 0 fully saturated rings. The molecule has 1 N–H and O–H groups in total. The van der Waals surface area contributed by atoms with Gasteiger partial charge in [0.05, 0.1) is 5.69 Å². The van der Waals surface area contributed by atoms with E-state index in [2.05, 4.69) is 9.97 Å². The fraction of sp³-hybridized carbons (Fsp3) is 0.267. The molecular formula is C15H16N2O2. The van der Waals surface area contributed by atoms with Gasteiger partial charge in [0.15, 0.2) is 0 Å². The number of carboxylic acid groups (broad SMARTS) is 1. The smallest absolute Gasteiger partial charge is 0.314 e. The molecule has 0 saturated carbocycles. The highest BCUT2D eigenvalue weighted by Crippen LogP contribution is 2.21. The topological polar surface area (TPSA) is 63.1 Å². The van der Waals surface area contributed by atoms with Crippen molar-refractivity contribution >= 4 is 5.97 Å². The summed E-state index contributed by atoms with van der Waals surface area (Å²) >= 11 is 0. The van der Waals surface area contributed by atoms with Crippen LogP contribution in [0, 0.1) is 6.92 Å². The van der Waals surface area contributed by atoms with Gasteiger partial charge in [-0.25, -0.2) is 9.97 Å². The van der Waals surface area contributed by atoms with Gasteiger partial charge >= 0.3 is 5.97 Å². The van der Waals surface area contributed by atoms with Gasteiger partial charge in [-0.1, -0.05) is 36.8 Å². The molecule has 4 heteroatoms. The Bertz CT molecular complexity index is 579. The second kappa shape index (κ2) is 5.61. The van der Waals surface area contributed by atoms with Gasteiger partial charge in [-0.2, -0.15) is 0 Å². The second-order valence-corrected chi connectivity index (χ2v) is 4.47. The van der Waals surface area contributed by atoms with E-state index in [1.807, 2.05) is 38.1 Å². The van der Waals surface area contributed by atoms with E-state index < -0.39 is 11.9 Å². The van der Waals surface area contributed by atoms with Gasteiger partial charge in [-0.05, 0) is 19.4 Å². The molecule has 98 valence electrons. The van der Waals surface area contributed by atoms with Gasteiger partial charge in [0.1, 0.15) is 11.7 Å². The van der Waals surface area contributed by atoms with Crippen molar-refractivity contribution in [3.8, 4) is 11.3 Å². The Morgan fingerprint density at radius 3 is 2.53 bits per heavy atom. The van der Waals surface area contributed by atoms with Gasteiger partial charge < -0.3 is 5.11 Å². The summed E-state index contributed by atoms with van der Waals surface area (Å²) in [6.07, 6.45) is 2.09. The van der Waals surface area contributed by atoms with Crippen molar-refractivity contribution in [2.24, 2.45) is 0 Å². The van der Waals surface area contributed by atoms with Crippen molar-refractivity contribution in [1.82, 2.24) is 9.97 Å². The third-order valence-electron chi connectivity index (χ3n) is 3.04. The molecule has 1 aromatic carbocycles. The molecular weight excluding hydrogens is 240 g/mol. The molecule has 0 aliphatic rings. The maximum atomic E-state index is 11.1. The predicted octanol–water partition coefficient (Wildman–Crippen LogP) is 3.03. The summed E-state index contributed by atoms with van der Waals surface area (Å²) in [5.41, 5.74) is 2.90. The molecule has 0 bridgehead atoms. The Kier molecular flexibility index (Phi) is 3.90. The number of hydrogen-bond donors (Lipinski definition) is 1. The number of rotatable bonds is 4. The normalized spacial score (nSPS) is 12.1. The first-order valence-corrected chi connectivity index (χ1v) is 6.24. The van der Waals surface area contributed by atoms with Crippen LogP contribution >= 0.6 is 0 Å². The van der Waals surface area contributed by atoms with Crippen LogP contribution in [0.25, 0.3) is 11.3 Å². The predicted molar refractivity (Wildman–Crippen MR) is 72.9 cm³/mol. The standard InChI is InChI=1S/C15H16N2O2/c1-3-12(15(18)19)14-16-9-8-13(17-14)11-6-4-10(2)5-7-11/h4-9,12H,3H2,1-2H3,(H,18,19). The number of aryl methyl sites for hydroxylation is 1. The van der Waals surface area contributed by atoms with Crippen molar-refractivity contribution in [3.63, 3.8) is 0 Å². The zero-order valence-corrected chi connectivity index (χ0v) is 11.0. The van der Waals surface area contributed by atoms with Gasteiger partial charge in [-0.3, -0.25) is 4.79 Å². The summed E-state index contributed by atoms with van der Waals surface area (Å²) in [7, 11) is 0. The Hall–Kier alpha value is -2.23. The Morgan fingerprint density at radius 2 is 1.95 bits per heavy atom. The zero-order chi connectivity index (χ0) is 13.8. The van der Waals surface area contributed by atoms with Crippen molar-refractivity contribution < 1.29 is 9.90 Å². The van der Waals surface area contributed by atoms with Crippen molar-refractivity contribution in [2.75, 3.05) is 0 Å². The number of nitrogens with zero attached hydrogens (tertiary/aromatic N) is 2. The molecule has 1 heterocycles. The fourth-order valence-corrected chi connectivity index (χ4v) is 1.89. The first-order chi connectivity index (χ1) is 9.11. The van der Waals surface area contributed by atoms with Gasteiger partial charge in [0, 0.05) is 11.8 Å². The van der Waals surface area contributed by atoms with Crippen LogP contribution in [0.5, 0.6) is 0 Å². The van der Waals surface area contributed by atoms with Crippen LogP contribution in [-0.2, 0) is 4.79 Å². The molecule has 1 atom stereocenters. The van der Waals surface area contributed by atoms with Crippen LogP contribution in [0.4, 0.5) is 0 Å². The summed E-state index contributed by atoms with van der Waals surface area (Å²) in [6, 6.07) is 9.76. The lowest BCUT2D eigenvalue weighted by Crippen LogP contribution is -2.14. The molecule has 1 aromatic heterocycles. The third kappa shape index (κ3) is 2.96. The van der Waals surface area contributed by atoms with E-state index in [1.165, 1.54) is 5.56 Å². The molecule has 0 aliphatic heterocycles. The SMILES string of the molecule is CCC(C(=O)O)c1nccc(-c2ccc(C)cc2)n1. The minimum absolute atomic E-state index is 0.369. The van der Waals surface area contributed by atoms with Gasteiger partial charge in [0.25, 0.3) is 0 Å². The van der Waals surface area contributed by atoms with Crippen molar-refractivity contribution in [1.29, 1.82) is 0 Å². The Morgan fingerprint density at radius 1 is 1.26 bits per heavy atom. The number of carbonyl (C=O) groups is 1. The quantitative estimate of drug-likeness (QED) is 0.913. The molecule has 0 amide bonds. The van der Waals surface area contributed by atoms with Gasteiger partial charge in [-0.15, -0.1) is 0 Å². The number of aromatic nitrogens is 2. The minimum atomic E-state index is -0.886. The number of carboxylic acids is 1. The highest BCUT2D eigenvalue weighted by atomic mass is 16.4. The molecule has 19 heavy (non-hydrogen) atoms. The molecule has 0 spiro atoms. The van der Waals surface area contributed by atoms with E-state index in [0.29, 0.717) is 12.2 Å². The summed E-state index contributed by atoms with van der Waals surface area (Å²) in [4.78, 5) is 19.6. The third-order valence-corrected chi connectivity index (χ3v) is 3.04. The fourth-order valence-electron chi connectivity index (χ4n) is 1.89. The Balaban J connectivity index is 2.38. The summed E-state index contributed by atoms with van der Waals surface area (Å²) in [5.74, 6) is -1.16. The Labute approximate surface area is 112 Å². The number of benzene rings is 1. The highest BCUT2D eigenvalue weighted by molar-refractivity contribution is 5.75. The molecule has 1 unspecified atom stereocenters. The lowest BCUT2D eigenvalue weighted by Gasteiger charge is -2.09. The van der Waals surface area contributed by atoms with Crippen LogP contribution in [-0.4, -0.2) is 21.0 Å². The molecule has 0 radical (unpaired) electrons. The molecule has 0 aliphatic carbocycles. The van der Waals surface area contributed by atoms with Crippen LogP contribution in [0.1, 0.15) is 30.7 Å². The van der Waals surface area contributed by atoms with Crippen LogP contribution < -0.4 is 0 Å². The lowest BCUT2D eigenvalue weighted by molar-refractivity contribution is -0.139. The van der Waals surface area contributed by atoms with E-state index in [0.717, 1.165) is 11.3 Å². The number of hydrogen-bond acceptors (Lipinski definition) is 3. The lowest BCUT2D eigenvalue weighted by atomic mass is 10.1. The zero-order valence-electron chi connectivity index (χ0n) is 11.0. The van der Waals surface area contributed by atoms with Crippen molar-refractivity contribution in [2.45, 2.75) is 26.2 Å². The van der Waals surface area contributed by atoms with Crippen molar-refractivity contribution in [3.05, 3.63) is 47.9 Å². The highest BCUT2D eigenvalue weighted by Gasteiger charge is 2.20. The molecule has 4 nitrogen and oxygen atoms in total. The second-order valence-electron chi connectivity index (χ2n) is 4.47. The van der Waals surface area contributed by atoms with Gasteiger partial charge in [0.2, 0.25) is 0 Å². The van der Waals surface area contributed by atoms with Crippen LogP contribution in [0.15, 0.2) is 36.5 Å². The van der Waals surface area contributed by atoms with Crippen LogP contribution in [0.2, 0.25) is 0 Å². The summed E-state index contributed by atoms with van der Waals surface area (Å²) < 4.78 is 0.